The fourth-order valence-corrected chi connectivity index (χ4v) is 5.60. The second kappa shape index (κ2) is 12.6. The van der Waals surface area contributed by atoms with Gasteiger partial charge >= 0.3 is 5.97 Å². The van der Waals surface area contributed by atoms with Crippen molar-refractivity contribution in [3.8, 4) is 0 Å². The Hall–Kier alpha value is -3.16. The number of benzene rings is 2. The second-order valence-electron chi connectivity index (χ2n) is 10.5. The molecule has 38 heavy (non-hydrogen) atoms. The lowest BCUT2D eigenvalue weighted by molar-refractivity contribution is -0.133. The van der Waals surface area contributed by atoms with Crippen LogP contribution in [-0.4, -0.2) is 47.8 Å². The van der Waals surface area contributed by atoms with E-state index in [1.54, 1.807) is 6.08 Å². The van der Waals surface area contributed by atoms with Crippen LogP contribution < -0.4 is 15.5 Å². The molecular formula is C31H41N3O4. The summed E-state index contributed by atoms with van der Waals surface area (Å²) in [6.45, 7) is 9.28. The summed E-state index contributed by atoms with van der Waals surface area (Å²) in [5, 5.41) is 16.3. The summed E-state index contributed by atoms with van der Waals surface area (Å²) < 4.78 is 6.28. The van der Waals surface area contributed by atoms with Crippen molar-refractivity contribution < 1.29 is 19.4 Å². The molecule has 0 fully saturated rings. The van der Waals surface area contributed by atoms with Gasteiger partial charge in [0.15, 0.2) is 0 Å². The Balaban J connectivity index is 1.49. The number of nitrogens with zero attached hydrogens (tertiary/aromatic N) is 1. The lowest BCUT2D eigenvalue weighted by Crippen LogP contribution is -2.58. The number of ether oxygens (including phenoxy) is 1. The number of hydrogen-bond donors (Lipinski definition) is 3. The number of carboxylic acid groups (broad SMARTS) is 1. The highest BCUT2D eigenvalue weighted by Crippen LogP contribution is 2.34. The third kappa shape index (κ3) is 6.63. The summed E-state index contributed by atoms with van der Waals surface area (Å²) in [4.78, 5) is 26.4. The van der Waals surface area contributed by atoms with Gasteiger partial charge in [0, 0.05) is 43.0 Å². The Morgan fingerprint density at radius 2 is 1.87 bits per heavy atom. The van der Waals surface area contributed by atoms with Gasteiger partial charge in [-0.3, -0.25) is 4.79 Å². The van der Waals surface area contributed by atoms with E-state index in [1.807, 2.05) is 0 Å². The number of carboxylic acids is 1. The van der Waals surface area contributed by atoms with Crippen LogP contribution in [0, 0.1) is 6.92 Å². The number of aryl methyl sites for hydroxylation is 2. The number of amides is 1. The van der Waals surface area contributed by atoms with Crippen LogP contribution in [0.15, 0.2) is 54.1 Å². The number of carbonyl (C=O) groups excluding carboxylic acids is 1. The van der Waals surface area contributed by atoms with Gasteiger partial charge in [0.05, 0.1) is 18.2 Å². The first-order chi connectivity index (χ1) is 18.3. The molecule has 1 amide bonds. The van der Waals surface area contributed by atoms with E-state index in [0.29, 0.717) is 18.5 Å². The minimum absolute atomic E-state index is 0.00215. The average molecular weight is 520 g/mol. The molecule has 0 unspecified atom stereocenters. The number of aliphatic carboxylic acids is 1. The predicted molar refractivity (Wildman–Crippen MR) is 151 cm³/mol. The van der Waals surface area contributed by atoms with Crippen LogP contribution in [-0.2, 0) is 27.3 Å². The quantitative estimate of drug-likeness (QED) is 0.408. The first kappa shape index (κ1) is 27.9. The molecule has 0 spiro atoms. The fourth-order valence-electron chi connectivity index (χ4n) is 5.60. The third-order valence-electron chi connectivity index (χ3n) is 7.67. The van der Waals surface area contributed by atoms with E-state index < -0.39 is 12.1 Å². The van der Waals surface area contributed by atoms with Gasteiger partial charge in [0.2, 0.25) is 5.91 Å². The van der Waals surface area contributed by atoms with Gasteiger partial charge in [-0.05, 0) is 74.4 Å². The summed E-state index contributed by atoms with van der Waals surface area (Å²) in [5.74, 6) is -1.11. The summed E-state index contributed by atoms with van der Waals surface area (Å²) in [7, 11) is 0. The number of rotatable bonds is 10. The van der Waals surface area contributed by atoms with E-state index in [9.17, 15) is 14.7 Å². The molecule has 2 aromatic rings. The molecule has 3 N–H and O–H groups in total. The lowest BCUT2D eigenvalue weighted by Gasteiger charge is -2.38. The number of nitrogens with one attached hydrogen (secondary N) is 2. The van der Waals surface area contributed by atoms with Crippen LogP contribution in [0.5, 0.6) is 0 Å². The highest BCUT2D eigenvalue weighted by atomic mass is 16.5. The van der Waals surface area contributed by atoms with Crippen LogP contribution >= 0.6 is 0 Å². The van der Waals surface area contributed by atoms with Crippen LogP contribution in [0.2, 0.25) is 0 Å². The zero-order chi connectivity index (χ0) is 27.2. The van der Waals surface area contributed by atoms with E-state index in [-0.39, 0.29) is 24.1 Å². The highest BCUT2D eigenvalue weighted by molar-refractivity contribution is 5.87. The molecule has 3 atom stereocenters. The first-order valence-corrected chi connectivity index (χ1v) is 13.8. The van der Waals surface area contributed by atoms with Crippen molar-refractivity contribution in [2.75, 3.05) is 11.4 Å². The molecule has 0 bridgehead atoms. The molecule has 2 aliphatic rings. The van der Waals surface area contributed by atoms with E-state index in [0.717, 1.165) is 37.8 Å². The molecular weight excluding hydrogens is 478 g/mol. The van der Waals surface area contributed by atoms with Crippen molar-refractivity contribution in [3.05, 3.63) is 70.8 Å². The van der Waals surface area contributed by atoms with E-state index in [1.165, 1.54) is 29.4 Å². The SMILES string of the molecule is CCC(CC)O[C@@H]1C=C(C(=O)O)C[C@H](NCc2ccc(N3CCCc4cc(C)ccc43)cc2)[C@H]1NC(C)=O. The highest BCUT2D eigenvalue weighted by Gasteiger charge is 2.37. The van der Waals surface area contributed by atoms with Crippen molar-refractivity contribution in [2.45, 2.75) is 90.6 Å². The van der Waals surface area contributed by atoms with Gasteiger partial charge < -0.3 is 25.4 Å². The van der Waals surface area contributed by atoms with Gasteiger partial charge in [0.1, 0.15) is 0 Å². The number of hydrogen-bond acceptors (Lipinski definition) is 5. The van der Waals surface area contributed by atoms with Crippen molar-refractivity contribution >= 4 is 23.3 Å². The standard InChI is InChI=1S/C31H41N3O4/c1-5-26(6-2)38-29-18-24(31(36)37)17-27(30(29)33-21(4)35)32-19-22-10-12-25(13-11-22)34-15-7-8-23-16-20(3)9-14-28(23)34/h9-14,16,18,26-27,29-30,32H,5-8,15,17,19H2,1-4H3,(H,33,35)(H,36,37)/t27-,29+,30+/m0/s1. The Morgan fingerprint density at radius 3 is 2.53 bits per heavy atom. The Kier molecular flexibility index (Phi) is 9.23. The summed E-state index contributed by atoms with van der Waals surface area (Å²) in [6.07, 6.45) is 5.36. The minimum Gasteiger partial charge on any atom is -0.478 e. The van der Waals surface area contributed by atoms with Gasteiger partial charge in [-0.15, -0.1) is 0 Å². The molecule has 4 rings (SSSR count). The van der Waals surface area contributed by atoms with Crippen LogP contribution in [0.4, 0.5) is 11.4 Å². The molecule has 0 saturated heterocycles. The number of anilines is 2. The minimum atomic E-state index is -0.947. The largest absolute Gasteiger partial charge is 0.478 e. The zero-order valence-electron chi connectivity index (χ0n) is 23.0. The molecule has 0 aromatic heterocycles. The maximum Gasteiger partial charge on any atom is 0.331 e. The van der Waals surface area contributed by atoms with Crippen LogP contribution in [0.3, 0.4) is 0 Å². The molecule has 204 valence electrons. The molecule has 2 aromatic carbocycles. The normalized spacial score (nSPS) is 21.1. The van der Waals surface area contributed by atoms with E-state index >= 15 is 0 Å². The van der Waals surface area contributed by atoms with Crippen LogP contribution in [0.1, 0.15) is 63.1 Å². The number of fused-ring (bicyclic) bond motifs is 1. The molecule has 1 aliphatic heterocycles. The van der Waals surface area contributed by atoms with Crippen molar-refractivity contribution in [1.82, 2.24) is 10.6 Å². The van der Waals surface area contributed by atoms with Crippen LogP contribution in [0.25, 0.3) is 0 Å². The summed E-state index contributed by atoms with van der Waals surface area (Å²) >= 11 is 0. The fraction of sp³-hybridized carbons (Fsp3) is 0.484. The Labute approximate surface area is 226 Å². The Bertz CT molecular complexity index is 1160. The van der Waals surface area contributed by atoms with Crippen molar-refractivity contribution in [2.24, 2.45) is 0 Å². The Morgan fingerprint density at radius 1 is 1.13 bits per heavy atom. The predicted octanol–water partition coefficient (Wildman–Crippen LogP) is 5.03. The van der Waals surface area contributed by atoms with Gasteiger partial charge in [-0.1, -0.05) is 43.7 Å². The molecule has 0 radical (unpaired) electrons. The molecule has 7 heteroatoms. The zero-order valence-corrected chi connectivity index (χ0v) is 23.0. The molecule has 7 nitrogen and oxygen atoms in total. The van der Waals surface area contributed by atoms with Crippen molar-refractivity contribution in [1.29, 1.82) is 0 Å². The van der Waals surface area contributed by atoms with Crippen molar-refractivity contribution in [3.63, 3.8) is 0 Å². The van der Waals surface area contributed by atoms with Gasteiger partial charge in [-0.2, -0.15) is 0 Å². The van der Waals surface area contributed by atoms with E-state index in [4.69, 9.17) is 4.74 Å². The third-order valence-corrected chi connectivity index (χ3v) is 7.67. The average Bonchev–Trinajstić information content (AvgIpc) is 2.91. The maximum atomic E-state index is 12.1. The monoisotopic (exact) mass is 519 g/mol. The van der Waals surface area contributed by atoms with Gasteiger partial charge in [-0.25, -0.2) is 4.79 Å². The smallest absolute Gasteiger partial charge is 0.331 e. The second-order valence-corrected chi connectivity index (χ2v) is 10.5. The topological polar surface area (TPSA) is 90.9 Å². The first-order valence-electron chi connectivity index (χ1n) is 13.8. The molecule has 0 saturated carbocycles. The number of carbonyl (C=O) groups is 2. The lowest BCUT2D eigenvalue weighted by atomic mass is 9.87. The summed E-state index contributed by atoms with van der Waals surface area (Å²) in [6, 6.07) is 14.6. The maximum absolute atomic E-state index is 12.1. The van der Waals surface area contributed by atoms with Gasteiger partial charge in [0.25, 0.3) is 0 Å². The molecule has 1 heterocycles. The summed E-state index contributed by atoms with van der Waals surface area (Å²) in [5.41, 5.74) is 6.55. The molecule has 1 aliphatic carbocycles. The van der Waals surface area contributed by atoms with E-state index in [2.05, 4.69) is 78.8 Å².